The molecule has 0 amide bonds. The first-order valence-electron chi connectivity index (χ1n) is 5.70. The van der Waals surface area contributed by atoms with E-state index in [2.05, 4.69) is 15.3 Å². The maximum Gasteiger partial charge on any atom is 0.231 e. The van der Waals surface area contributed by atoms with Crippen LogP contribution in [0.1, 0.15) is 11.3 Å². The molecule has 2 heterocycles. The average Bonchev–Trinajstić information content (AvgIpc) is 2.94. The number of aromatic nitrogens is 2. The van der Waals surface area contributed by atoms with Crippen molar-refractivity contribution >= 4 is 5.82 Å². The number of rotatable bonds is 3. The van der Waals surface area contributed by atoms with Gasteiger partial charge in [0.05, 0.1) is 12.4 Å². The first kappa shape index (κ1) is 11.3. The summed E-state index contributed by atoms with van der Waals surface area (Å²) in [5.74, 6) is 2.12. The van der Waals surface area contributed by atoms with Crippen LogP contribution in [0.25, 0.3) is 0 Å². The van der Waals surface area contributed by atoms with Gasteiger partial charge in [-0.1, -0.05) is 12.1 Å². The van der Waals surface area contributed by atoms with Gasteiger partial charge < -0.3 is 14.8 Å². The van der Waals surface area contributed by atoms with Crippen LogP contribution in [0.3, 0.4) is 0 Å². The van der Waals surface area contributed by atoms with Gasteiger partial charge in [-0.3, -0.25) is 0 Å². The number of hydrogen-bond acceptors (Lipinski definition) is 6. The van der Waals surface area contributed by atoms with E-state index in [0.29, 0.717) is 18.1 Å². The van der Waals surface area contributed by atoms with Gasteiger partial charge in [-0.25, -0.2) is 9.97 Å². The molecule has 1 N–H and O–H groups in total. The van der Waals surface area contributed by atoms with Gasteiger partial charge in [-0.2, -0.15) is 5.26 Å². The monoisotopic (exact) mass is 254 g/mol. The van der Waals surface area contributed by atoms with Gasteiger partial charge in [-0.15, -0.1) is 0 Å². The van der Waals surface area contributed by atoms with Crippen molar-refractivity contribution in [3.63, 3.8) is 0 Å². The second-order valence-electron chi connectivity index (χ2n) is 3.90. The molecule has 3 rings (SSSR count). The zero-order chi connectivity index (χ0) is 13.1. The molecule has 6 heteroatoms. The molecule has 19 heavy (non-hydrogen) atoms. The lowest BCUT2D eigenvalue weighted by molar-refractivity contribution is 0.173. The topological polar surface area (TPSA) is 80.1 Å². The second kappa shape index (κ2) is 4.82. The predicted molar refractivity (Wildman–Crippen MR) is 66.6 cm³/mol. The Bertz CT molecular complexity index is 634. The summed E-state index contributed by atoms with van der Waals surface area (Å²) in [5.41, 5.74) is 1.28. The van der Waals surface area contributed by atoms with Crippen LogP contribution in [-0.2, 0) is 6.54 Å². The van der Waals surface area contributed by atoms with E-state index in [1.807, 2.05) is 24.3 Å². The Morgan fingerprint density at radius 1 is 1.26 bits per heavy atom. The number of nitriles is 1. The van der Waals surface area contributed by atoms with E-state index in [1.165, 1.54) is 12.4 Å². The van der Waals surface area contributed by atoms with E-state index < -0.39 is 0 Å². The molecular formula is C13H10N4O2. The highest BCUT2D eigenvalue weighted by atomic mass is 16.7. The Morgan fingerprint density at radius 2 is 2.21 bits per heavy atom. The predicted octanol–water partition coefficient (Wildman–Crippen LogP) is 1.69. The Hall–Kier alpha value is -2.81. The van der Waals surface area contributed by atoms with Crippen LogP contribution in [0.2, 0.25) is 0 Å². The van der Waals surface area contributed by atoms with Crippen molar-refractivity contribution in [1.82, 2.24) is 9.97 Å². The molecule has 1 aromatic heterocycles. The fraction of sp³-hybridized carbons (Fsp3) is 0.154. The van der Waals surface area contributed by atoms with Crippen LogP contribution < -0.4 is 14.8 Å². The molecular weight excluding hydrogens is 244 g/mol. The highest BCUT2D eigenvalue weighted by Crippen LogP contribution is 2.35. The Kier molecular flexibility index (Phi) is 2.86. The van der Waals surface area contributed by atoms with E-state index in [4.69, 9.17) is 14.7 Å². The third-order valence-corrected chi connectivity index (χ3v) is 2.70. The third kappa shape index (κ3) is 2.26. The molecule has 1 aromatic carbocycles. The Morgan fingerprint density at radius 3 is 3.00 bits per heavy atom. The number of ether oxygens (including phenoxy) is 2. The second-order valence-corrected chi connectivity index (χ2v) is 3.90. The molecule has 0 spiro atoms. The van der Waals surface area contributed by atoms with Crippen LogP contribution in [0.4, 0.5) is 5.82 Å². The average molecular weight is 254 g/mol. The Balaban J connectivity index is 1.72. The largest absolute Gasteiger partial charge is 0.454 e. The lowest BCUT2D eigenvalue weighted by atomic mass is 10.2. The molecule has 0 aliphatic carbocycles. The quantitative estimate of drug-likeness (QED) is 0.897. The zero-order valence-corrected chi connectivity index (χ0v) is 9.96. The number of anilines is 1. The molecule has 94 valence electrons. The standard InChI is InChI=1S/C13H10N4O2/c14-4-10-6-17-12(7-15-10)16-5-9-2-1-3-11-13(9)19-8-18-11/h1-3,6-7H,5,8H2,(H,16,17). The number of nitrogens with zero attached hydrogens (tertiary/aromatic N) is 3. The summed E-state index contributed by atoms with van der Waals surface area (Å²) in [6.45, 7) is 0.802. The first-order chi connectivity index (χ1) is 9.36. The summed E-state index contributed by atoms with van der Waals surface area (Å²) in [4.78, 5) is 8.03. The van der Waals surface area contributed by atoms with Crippen LogP contribution >= 0.6 is 0 Å². The van der Waals surface area contributed by atoms with Crippen molar-refractivity contribution in [2.45, 2.75) is 6.54 Å². The van der Waals surface area contributed by atoms with Crippen LogP contribution in [0, 0.1) is 11.3 Å². The molecule has 0 saturated heterocycles. The summed E-state index contributed by atoms with van der Waals surface area (Å²) in [5, 5.41) is 11.8. The minimum Gasteiger partial charge on any atom is -0.454 e. The SMILES string of the molecule is N#Cc1cnc(NCc2cccc3c2OCO3)cn1. The summed E-state index contributed by atoms with van der Waals surface area (Å²) >= 11 is 0. The molecule has 0 bridgehead atoms. The van der Waals surface area contributed by atoms with Crippen LogP contribution in [-0.4, -0.2) is 16.8 Å². The summed E-state index contributed by atoms with van der Waals surface area (Å²) in [7, 11) is 0. The van der Waals surface area contributed by atoms with Gasteiger partial charge >= 0.3 is 0 Å². The van der Waals surface area contributed by atoms with Gasteiger partial charge in [0.15, 0.2) is 17.2 Å². The fourth-order valence-corrected chi connectivity index (χ4v) is 1.79. The minimum atomic E-state index is 0.253. The van der Waals surface area contributed by atoms with Crippen molar-refractivity contribution in [2.75, 3.05) is 12.1 Å². The van der Waals surface area contributed by atoms with Gasteiger partial charge in [0.2, 0.25) is 6.79 Å². The minimum absolute atomic E-state index is 0.253. The highest BCUT2D eigenvalue weighted by molar-refractivity contribution is 5.49. The molecule has 0 radical (unpaired) electrons. The normalized spacial score (nSPS) is 11.9. The smallest absolute Gasteiger partial charge is 0.231 e. The Labute approximate surface area is 109 Å². The summed E-state index contributed by atoms with van der Waals surface area (Å²) in [6.07, 6.45) is 2.95. The molecule has 0 atom stereocenters. The van der Waals surface area contributed by atoms with Crippen molar-refractivity contribution in [1.29, 1.82) is 5.26 Å². The van der Waals surface area contributed by atoms with Crippen molar-refractivity contribution in [2.24, 2.45) is 0 Å². The molecule has 0 fully saturated rings. The van der Waals surface area contributed by atoms with Gasteiger partial charge in [0.1, 0.15) is 11.9 Å². The van der Waals surface area contributed by atoms with Gasteiger partial charge in [0, 0.05) is 12.1 Å². The van der Waals surface area contributed by atoms with Crippen molar-refractivity contribution in [3.05, 3.63) is 41.9 Å². The third-order valence-electron chi connectivity index (χ3n) is 2.70. The lowest BCUT2D eigenvalue weighted by Crippen LogP contribution is -2.03. The van der Waals surface area contributed by atoms with E-state index in [9.17, 15) is 0 Å². The fourth-order valence-electron chi connectivity index (χ4n) is 1.79. The molecule has 0 unspecified atom stereocenters. The van der Waals surface area contributed by atoms with Crippen molar-refractivity contribution < 1.29 is 9.47 Å². The maximum absolute atomic E-state index is 8.64. The lowest BCUT2D eigenvalue weighted by Gasteiger charge is -2.07. The van der Waals surface area contributed by atoms with E-state index in [-0.39, 0.29) is 6.79 Å². The first-order valence-corrected chi connectivity index (χ1v) is 5.70. The molecule has 1 aliphatic heterocycles. The molecule has 2 aromatic rings. The van der Waals surface area contributed by atoms with E-state index in [1.54, 1.807) is 0 Å². The maximum atomic E-state index is 8.64. The summed E-state index contributed by atoms with van der Waals surface area (Å²) in [6, 6.07) is 7.66. The zero-order valence-electron chi connectivity index (χ0n) is 9.96. The number of para-hydroxylation sites is 1. The van der Waals surface area contributed by atoms with E-state index in [0.717, 1.165) is 17.1 Å². The van der Waals surface area contributed by atoms with Gasteiger partial charge in [0.25, 0.3) is 0 Å². The summed E-state index contributed by atoms with van der Waals surface area (Å²) < 4.78 is 10.7. The number of nitrogens with one attached hydrogen (secondary N) is 1. The number of benzene rings is 1. The van der Waals surface area contributed by atoms with Crippen LogP contribution in [0.15, 0.2) is 30.6 Å². The molecule has 6 nitrogen and oxygen atoms in total. The highest BCUT2D eigenvalue weighted by Gasteiger charge is 2.16. The van der Waals surface area contributed by atoms with Crippen LogP contribution in [0.5, 0.6) is 11.5 Å². The van der Waals surface area contributed by atoms with Gasteiger partial charge in [-0.05, 0) is 6.07 Å². The molecule has 1 aliphatic rings. The van der Waals surface area contributed by atoms with Crippen molar-refractivity contribution in [3.8, 4) is 17.6 Å². The van der Waals surface area contributed by atoms with E-state index >= 15 is 0 Å². The number of fused-ring (bicyclic) bond motifs is 1. The number of hydrogen-bond donors (Lipinski definition) is 1. The molecule has 0 saturated carbocycles.